The maximum Gasteiger partial charge on any atom is 0.322 e. The molecule has 2 aromatic rings. The lowest BCUT2D eigenvalue weighted by molar-refractivity contribution is -0.135. The van der Waals surface area contributed by atoms with Crippen molar-refractivity contribution >= 4 is 35.1 Å². The summed E-state index contributed by atoms with van der Waals surface area (Å²) in [7, 11) is 0. The molecule has 1 amide bonds. The van der Waals surface area contributed by atoms with Gasteiger partial charge in [0.15, 0.2) is 0 Å². The van der Waals surface area contributed by atoms with Crippen molar-refractivity contribution in [1.82, 2.24) is 15.5 Å². The Morgan fingerprint density at radius 3 is 2.55 bits per heavy atom. The van der Waals surface area contributed by atoms with E-state index in [0.717, 1.165) is 0 Å². The molecule has 2 N–H and O–H groups in total. The molecule has 0 aliphatic carbocycles. The highest BCUT2D eigenvalue weighted by atomic mass is 35.5. The third-order valence-electron chi connectivity index (χ3n) is 2.21. The van der Waals surface area contributed by atoms with Gasteiger partial charge in [-0.1, -0.05) is 34.4 Å². The number of hydrogen-bond acceptors (Lipinski definition) is 5. The summed E-state index contributed by atoms with van der Waals surface area (Å²) in [5.41, 5.74) is 0.330. The van der Waals surface area contributed by atoms with Gasteiger partial charge >= 0.3 is 17.8 Å². The minimum absolute atomic E-state index is 0.0427. The number of benzene rings is 1. The molecule has 0 bridgehead atoms. The van der Waals surface area contributed by atoms with Gasteiger partial charge in [-0.15, -0.1) is 0 Å². The third-order valence-corrected chi connectivity index (χ3v) is 2.84. The van der Waals surface area contributed by atoms with Gasteiger partial charge in [0.2, 0.25) is 5.82 Å². The monoisotopic (exact) mass is 315 g/mol. The summed E-state index contributed by atoms with van der Waals surface area (Å²) >= 11 is 11.9. The predicted octanol–water partition coefficient (Wildman–Crippen LogP) is 1.86. The number of aromatic nitrogens is 2. The van der Waals surface area contributed by atoms with E-state index in [1.54, 1.807) is 18.2 Å². The summed E-state index contributed by atoms with van der Waals surface area (Å²) in [4.78, 5) is 25.7. The fourth-order valence-corrected chi connectivity index (χ4v) is 1.93. The van der Waals surface area contributed by atoms with E-state index in [1.165, 1.54) is 0 Å². The van der Waals surface area contributed by atoms with Gasteiger partial charge in [0.25, 0.3) is 0 Å². The van der Waals surface area contributed by atoms with E-state index < -0.39 is 18.4 Å². The third kappa shape index (κ3) is 3.06. The number of carbonyl (C=O) groups excluding carboxylic acids is 1. The number of aliphatic carboxylic acids is 1. The number of halogens is 2. The summed E-state index contributed by atoms with van der Waals surface area (Å²) in [6.45, 7) is -0.552. The minimum Gasteiger partial charge on any atom is -0.480 e. The zero-order valence-electron chi connectivity index (χ0n) is 9.76. The highest BCUT2D eigenvalue weighted by Gasteiger charge is 2.19. The molecular weight excluding hydrogens is 309 g/mol. The minimum atomic E-state index is -1.19. The Bertz CT molecular complexity index is 651. The van der Waals surface area contributed by atoms with Crippen LogP contribution >= 0.6 is 23.2 Å². The van der Waals surface area contributed by atoms with Crippen LogP contribution in [-0.4, -0.2) is 33.7 Å². The largest absolute Gasteiger partial charge is 0.480 e. The molecule has 2 rings (SSSR count). The molecule has 0 unspecified atom stereocenters. The van der Waals surface area contributed by atoms with Crippen LogP contribution in [0.3, 0.4) is 0 Å². The van der Waals surface area contributed by atoms with Crippen LogP contribution < -0.4 is 5.32 Å². The van der Waals surface area contributed by atoms with Crippen molar-refractivity contribution in [1.29, 1.82) is 0 Å². The molecule has 1 aromatic carbocycles. The Hall–Kier alpha value is -2.12. The first-order valence-corrected chi connectivity index (χ1v) is 6.02. The van der Waals surface area contributed by atoms with Crippen molar-refractivity contribution in [2.75, 3.05) is 6.54 Å². The van der Waals surface area contributed by atoms with E-state index >= 15 is 0 Å². The smallest absolute Gasteiger partial charge is 0.322 e. The van der Waals surface area contributed by atoms with E-state index in [4.69, 9.17) is 32.8 Å². The van der Waals surface area contributed by atoms with Gasteiger partial charge in [0.1, 0.15) is 6.54 Å². The predicted molar refractivity (Wildman–Crippen MR) is 69.7 cm³/mol. The van der Waals surface area contributed by atoms with Gasteiger partial charge in [-0.3, -0.25) is 9.59 Å². The molecule has 9 heteroatoms. The Balaban J connectivity index is 2.25. The summed E-state index contributed by atoms with van der Waals surface area (Å²) in [5.74, 6) is -2.32. The summed E-state index contributed by atoms with van der Waals surface area (Å²) in [6.07, 6.45) is 0. The van der Waals surface area contributed by atoms with Crippen molar-refractivity contribution in [2.45, 2.75) is 0 Å². The lowest BCUT2D eigenvalue weighted by Crippen LogP contribution is -2.29. The van der Waals surface area contributed by atoms with Gasteiger partial charge < -0.3 is 14.9 Å². The van der Waals surface area contributed by atoms with Gasteiger partial charge in [-0.2, -0.15) is 4.98 Å². The number of nitrogens with one attached hydrogen (secondary N) is 1. The summed E-state index contributed by atoms with van der Waals surface area (Å²) < 4.78 is 4.74. The van der Waals surface area contributed by atoms with Crippen molar-refractivity contribution in [2.24, 2.45) is 0 Å². The summed E-state index contributed by atoms with van der Waals surface area (Å²) in [5, 5.41) is 14.7. The molecule has 0 saturated heterocycles. The van der Waals surface area contributed by atoms with Crippen molar-refractivity contribution < 1.29 is 19.2 Å². The maximum atomic E-state index is 11.5. The Labute approximate surface area is 122 Å². The molecule has 1 heterocycles. The lowest BCUT2D eigenvalue weighted by atomic mass is 10.2. The van der Waals surface area contributed by atoms with E-state index in [2.05, 4.69) is 15.5 Å². The van der Waals surface area contributed by atoms with Crippen LogP contribution in [0.25, 0.3) is 11.4 Å². The number of carboxylic acid groups (broad SMARTS) is 1. The Morgan fingerprint density at radius 1 is 1.30 bits per heavy atom. The van der Waals surface area contributed by atoms with Gasteiger partial charge in [-0.25, -0.2) is 0 Å². The first kappa shape index (κ1) is 14.3. The van der Waals surface area contributed by atoms with Crippen molar-refractivity contribution in [3.05, 3.63) is 34.1 Å². The molecule has 0 saturated carbocycles. The molecule has 0 aliphatic rings. The van der Waals surface area contributed by atoms with Crippen LogP contribution in [0.5, 0.6) is 0 Å². The van der Waals surface area contributed by atoms with Gasteiger partial charge in [-0.05, 0) is 12.1 Å². The molecule has 0 fully saturated rings. The molecule has 0 atom stereocenters. The molecule has 1 aromatic heterocycles. The van der Waals surface area contributed by atoms with Crippen LogP contribution in [0.1, 0.15) is 10.7 Å². The molecule has 0 radical (unpaired) electrons. The molecule has 104 valence electrons. The second-order valence-electron chi connectivity index (χ2n) is 3.60. The standard InChI is InChI=1S/C11H7Cl2N3O4/c12-5-2-1-3-6(13)8(5)9-15-11(20-16-9)10(19)14-4-7(17)18/h1-3H,4H2,(H,14,19)(H,17,18). The fourth-order valence-electron chi connectivity index (χ4n) is 1.36. The van der Waals surface area contributed by atoms with Crippen LogP contribution in [0, 0.1) is 0 Å². The van der Waals surface area contributed by atoms with Gasteiger partial charge in [0.05, 0.1) is 15.6 Å². The van der Waals surface area contributed by atoms with Crippen LogP contribution in [0.2, 0.25) is 10.0 Å². The van der Waals surface area contributed by atoms with E-state index in [9.17, 15) is 9.59 Å². The van der Waals surface area contributed by atoms with Crippen molar-refractivity contribution in [3.8, 4) is 11.4 Å². The van der Waals surface area contributed by atoms with Crippen LogP contribution in [0.15, 0.2) is 22.7 Å². The quantitative estimate of drug-likeness (QED) is 0.892. The topological polar surface area (TPSA) is 105 Å². The number of nitrogens with zero attached hydrogens (tertiary/aromatic N) is 2. The first-order valence-electron chi connectivity index (χ1n) is 5.27. The number of hydrogen-bond donors (Lipinski definition) is 2. The first-order chi connectivity index (χ1) is 9.49. The second kappa shape index (κ2) is 5.89. The lowest BCUT2D eigenvalue weighted by Gasteiger charge is -2.00. The Kier molecular flexibility index (Phi) is 4.21. The molecule has 20 heavy (non-hydrogen) atoms. The maximum absolute atomic E-state index is 11.5. The van der Waals surface area contributed by atoms with E-state index in [1.807, 2.05) is 0 Å². The average Bonchev–Trinajstić information content (AvgIpc) is 2.85. The average molecular weight is 316 g/mol. The van der Waals surface area contributed by atoms with Gasteiger partial charge in [0, 0.05) is 0 Å². The molecule has 0 spiro atoms. The normalized spacial score (nSPS) is 10.3. The zero-order chi connectivity index (χ0) is 14.7. The number of carbonyl (C=O) groups is 2. The molecule has 7 nitrogen and oxygen atoms in total. The highest BCUT2D eigenvalue weighted by Crippen LogP contribution is 2.32. The van der Waals surface area contributed by atoms with E-state index in [-0.39, 0.29) is 11.7 Å². The molecule has 0 aliphatic heterocycles. The summed E-state index contributed by atoms with van der Waals surface area (Å²) in [6, 6.07) is 4.82. The SMILES string of the molecule is O=C(O)CNC(=O)c1nc(-c2c(Cl)cccc2Cl)no1. The zero-order valence-corrected chi connectivity index (χ0v) is 11.3. The fraction of sp³-hybridized carbons (Fsp3) is 0.0909. The number of rotatable bonds is 4. The highest BCUT2D eigenvalue weighted by molar-refractivity contribution is 6.38. The second-order valence-corrected chi connectivity index (χ2v) is 4.41. The number of amides is 1. The van der Waals surface area contributed by atoms with Crippen LogP contribution in [0.4, 0.5) is 0 Å². The van der Waals surface area contributed by atoms with Crippen LogP contribution in [-0.2, 0) is 4.79 Å². The van der Waals surface area contributed by atoms with Crippen molar-refractivity contribution in [3.63, 3.8) is 0 Å². The molecular formula is C11H7Cl2N3O4. The van der Waals surface area contributed by atoms with E-state index in [0.29, 0.717) is 15.6 Å². The Morgan fingerprint density at radius 2 is 1.95 bits per heavy atom. The number of carboxylic acids is 1.